The monoisotopic (exact) mass is 1090 g/mol. The lowest BCUT2D eigenvalue weighted by Crippen LogP contribution is -2.61. The summed E-state index contributed by atoms with van der Waals surface area (Å²) in [5.74, 6) is -6.81. The Hall–Kier alpha value is -2.23. The van der Waals surface area contributed by atoms with Gasteiger partial charge in [-0.05, 0) is 74.9 Å². The van der Waals surface area contributed by atoms with E-state index in [0.717, 1.165) is 0 Å². The van der Waals surface area contributed by atoms with Gasteiger partial charge in [0.05, 0.1) is 60.9 Å². The molecule has 0 radical (unpaired) electrons. The van der Waals surface area contributed by atoms with Crippen LogP contribution in [0.4, 0.5) is 0 Å². The number of hydrogen-bond donors (Lipinski definition) is 14. The molecule has 0 saturated carbocycles. The molecule has 440 valence electrons. The number of Topliss-reactive ketones (excluding diaryl/α,β-unsaturated/α-hetero) is 1. The Labute approximate surface area is 438 Å². The number of carbonyl (C=O) groups is 3. The largest absolute Gasteiger partial charge is 0.479 e. The molecule has 4 saturated heterocycles. The molecule has 4 aliphatic rings. The lowest BCUT2D eigenvalue weighted by molar-refractivity contribution is -0.326. The third-order valence-electron chi connectivity index (χ3n) is 15.4. The summed E-state index contributed by atoms with van der Waals surface area (Å²) in [7, 11) is 5.18. The molecule has 4 rings (SSSR count). The number of rotatable bonds is 15. The van der Waals surface area contributed by atoms with Gasteiger partial charge in [0.25, 0.3) is 0 Å². The summed E-state index contributed by atoms with van der Waals surface area (Å²) in [6.07, 6.45) is -26.6. The van der Waals surface area contributed by atoms with E-state index in [-0.39, 0.29) is 31.4 Å². The van der Waals surface area contributed by atoms with Crippen LogP contribution in [0.3, 0.4) is 0 Å². The van der Waals surface area contributed by atoms with Gasteiger partial charge in [-0.2, -0.15) is 0 Å². The molecule has 0 amide bonds. The van der Waals surface area contributed by atoms with Gasteiger partial charge in [-0.1, -0.05) is 27.7 Å². The number of nitrogens with zero attached hydrogens (tertiary/aromatic N) is 1. The molecule has 4 aliphatic heterocycles. The molecule has 26 heteroatoms. The van der Waals surface area contributed by atoms with Crippen LogP contribution in [0.1, 0.15) is 94.9 Å². The van der Waals surface area contributed by atoms with Gasteiger partial charge in [0.2, 0.25) is 0 Å². The van der Waals surface area contributed by atoms with Crippen LogP contribution in [0.25, 0.3) is 0 Å². The zero-order chi connectivity index (χ0) is 57.6. The molecule has 0 aliphatic carbocycles. The quantitative estimate of drug-likeness (QED) is 0.0551. The van der Waals surface area contributed by atoms with Gasteiger partial charge in [-0.15, -0.1) is 0 Å². The van der Waals surface area contributed by atoms with E-state index in [2.05, 4.69) is 0 Å². The summed E-state index contributed by atoms with van der Waals surface area (Å²) in [4.78, 5) is 40.5. The average molecular weight is 1090 g/mol. The zero-order valence-corrected chi connectivity index (χ0v) is 45.3. The Bertz CT molecular complexity index is 1790. The molecule has 0 spiro atoms. The van der Waals surface area contributed by atoms with Crippen molar-refractivity contribution >= 4 is 17.7 Å². The second-order valence-electron chi connectivity index (χ2n) is 21.8. The molecule has 0 aromatic heterocycles. The van der Waals surface area contributed by atoms with Crippen LogP contribution in [0.2, 0.25) is 0 Å². The third kappa shape index (κ3) is 15.8. The number of aliphatic hydroxyl groups excluding tert-OH is 11. The van der Waals surface area contributed by atoms with E-state index in [1.807, 2.05) is 25.9 Å². The minimum absolute atomic E-state index is 0.0936. The summed E-state index contributed by atoms with van der Waals surface area (Å²) in [6.45, 7) is 14.6. The topological polar surface area (TPSA) is 412 Å². The maximum atomic E-state index is 14.1. The highest BCUT2D eigenvalue weighted by molar-refractivity contribution is 5.83. The van der Waals surface area contributed by atoms with Gasteiger partial charge < -0.3 is 114 Å². The number of methoxy groups -OCH3 is 1. The van der Waals surface area contributed by atoms with Crippen molar-refractivity contribution in [2.24, 2.45) is 23.7 Å². The summed E-state index contributed by atoms with van der Waals surface area (Å²) in [5, 5.41) is 142. The smallest absolute Gasteiger partial charge is 0.335 e. The fraction of sp³-hybridized carbons (Fsp3) is 0.939. The number of carboxylic acid groups (broad SMARTS) is 1. The normalized spacial score (nSPS) is 45.3. The average Bonchev–Trinajstić information content (AvgIpc) is 3.35. The lowest BCUT2D eigenvalue weighted by atomic mass is 9.74. The van der Waals surface area contributed by atoms with Crippen molar-refractivity contribution in [3.8, 4) is 0 Å². The first-order chi connectivity index (χ1) is 34.6. The number of esters is 1. The molecule has 27 atom stereocenters. The van der Waals surface area contributed by atoms with Crippen LogP contribution in [-0.4, -0.2) is 268 Å². The number of ether oxygens (including phenoxy) is 8. The first kappa shape index (κ1) is 67.0. The van der Waals surface area contributed by atoms with Crippen LogP contribution in [0.5, 0.6) is 0 Å². The van der Waals surface area contributed by atoms with E-state index in [0.29, 0.717) is 6.42 Å². The summed E-state index contributed by atoms with van der Waals surface area (Å²) >= 11 is 0. The molecule has 4 fully saturated rings. The molecule has 75 heavy (non-hydrogen) atoms. The van der Waals surface area contributed by atoms with Gasteiger partial charge in [0, 0.05) is 37.3 Å². The predicted octanol–water partition coefficient (Wildman–Crippen LogP) is -3.88. The highest BCUT2D eigenvalue weighted by Gasteiger charge is 2.54. The van der Waals surface area contributed by atoms with Crippen molar-refractivity contribution in [2.75, 3.05) is 34.4 Å². The summed E-state index contributed by atoms with van der Waals surface area (Å²) < 4.78 is 47.0. The van der Waals surface area contributed by atoms with Crippen LogP contribution in [-0.2, 0) is 52.3 Å². The van der Waals surface area contributed by atoms with Crippen molar-refractivity contribution in [3.63, 3.8) is 0 Å². The first-order valence-electron chi connectivity index (χ1n) is 25.5. The van der Waals surface area contributed by atoms with E-state index in [4.69, 9.17) is 53.2 Å². The highest BCUT2D eigenvalue weighted by Crippen LogP contribution is 2.41. The fourth-order valence-corrected chi connectivity index (χ4v) is 10.6. The predicted molar refractivity (Wildman–Crippen MR) is 258 cm³/mol. The third-order valence-corrected chi connectivity index (χ3v) is 15.4. The molecule has 0 unspecified atom stereocenters. The molecule has 4 heterocycles. The SMILES string of the molecule is CC[C@H]1OC(=O)[C@H](C)[C@@H](O[C@H]2C[C@@](C)(OC)[C@@H](O)[C@H](C)O2)[C@H](C)[C@@H](O[C@@H]2O[C@H](C)C[C@H](N(C)[13CH3])[C@H]2O)[C@](C)(O)C[C@@H](C)C(=O)[C@H](C)[C@@H](O)[C@]1(C)O.O=C(O)[C@H](O)[C@@H](O)[C@H](O[C@@H]1O[C@H](CO)[C@H](O)[C@H](O)[C@H]1O)[C@H](O)CO. The van der Waals surface area contributed by atoms with Crippen molar-refractivity contribution < 1.29 is 124 Å². The maximum Gasteiger partial charge on any atom is 0.335 e. The van der Waals surface area contributed by atoms with E-state index < -0.39 is 182 Å². The molecule has 26 nitrogen and oxygen atoms in total. The number of carboxylic acids is 1. The van der Waals surface area contributed by atoms with Gasteiger partial charge in [0.15, 0.2) is 25.0 Å². The molecule has 14 N–H and O–H groups in total. The Morgan fingerprint density at radius 2 is 1.40 bits per heavy atom. The Balaban J connectivity index is 0.000000516. The van der Waals surface area contributed by atoms with Crippen molar-refractivity contribution in [1.82, 2.24) is 4.90 Å². The fourth-order valence-electron chi connectivity index (χ4n) is 10.6. The second kappa shape index (κ2) is 27.8. The Kier molecular flexibility index (Phi) is 24.8. The summed E-state index contributed by atoms with van der Waals surface area (Å²) in [5.41, 5.74) is -4.84. The van der Waals surface area contributed by atoms with E-state index in [1.165, 1.54) is 27.9 Å². The van der Waals surface area contributed by atoms with Gasteiger partial charge in [-0.25, -0.2) is 4.79 Å². The van der Waals surface area contributed by atoms with Crippen molar-refractivity contribution in [1.29, 1.82) is 0 Å². The number of hydrogen-bond acceptors (Lipinski definition) is 25. The van der Waals surface area contributed by atoms with Crippen molar-refractivity contribution in [3.05, 3.63) is 0 Å². The number of carbonyl (C=O) groups excluding carboxylic acids is 2. The molecule has 0 aromatic carbocycles. The van der Waals surface area contributed by atoms with Crippen LogP contribution >= 0.6 is 0 Å². The number of ketones is 1. The lowest BCUT2D eigenvalue weighted by Gasteiger charge is -2.49. The van der Waals surface area contributed by atoms with Gasteiger partial charge >= 0.3 is 11.9 Å². The second-order valence-corrected chi connectivity index (χ2v) is 21.8. The molecule has 0 aromatic rings. The molecule has 0 bridgehead atoms. The van der Waals surface area contributed by atoms with Crippen molar-refractivity contribution in [2.45, 2.75) is 234 Å². The standard InChI is InChI=1S/C37H67NO13.C12H22O12/c1-14-25-37(10,45)30(41)20(4)27(39)18(2)16-35(8,44)32(51-34-28(40)24(38(11)12)15-19(3)47-34)21(5)29(22(6)33(43)49-25)50-26-17-36(9,46-13)31(42)23(7)48-26;13-1-3(15)10(7(18)8(19)11(21)22)24-12-9(20)6(17)5(16)4(2-14)23-12/h18-26,28-32,34,40-42,44-45H,14-17H2,1-13H3;3-10,12-20H,1-2H2,(H,21,22)/t18-,19-,20+,21+,22-,23+,24+,25-,26+,28-,29+,30-,31+,32-,34+,35-,36-,37-;3-,4-,5+,6+,7-,8-,9-,10-,12+/m11/s1/i11+1;. The van der Waals surface area contributed by atoms with E-state index in [9.17, 15) is 70.6 Å². The zero-order valence-electron chi connectivity index (χ0n) is 45.3. The number of aliphatic carboxylic acids is 1. The van der Waals surface area contributed by atoms with Crippen LogP contribution in [0, 0.1) is 23.7 Å². The minimum atomic E-state index is -2.39. The maximum absolute atomic E-state index is 14.1. The first-order valence-corrected chi connectivity index (χ1v) is 25.5. The highest BCUT2D eigenvalue weighted by atomic mass is 16.7. The Morgan fingerprint density at radius 3 is 1.92 bits per heavy atom. The minimum Gasteiger partial charge on any atom is -0.479 e. The summed E-state index contributed by atoms with van der Waals surface area (Å²) in [6, 6.07) is -0.324. The van der Waals surface area contributed by atoms with E-state index >= 15 is 0 Å². The Morgan fingerprint density at radius 1 is 0.800 bits per heavy atom. The number of aliphatic hydroxyl groups is 13. The molecular formula is C49H89NO25. The molecular weight excluding hydrogens is 1000 g/mol. The van der Waals surface area contributed by atoms with Gasteiger partial charge in [-0.3, -0.25) is 9.59 Å². The van der Waals surface area contributed by atoms with Crippen LogP contribution in [0.15, 0.2) is 0 Å². The number of cyclic esters (lactones) is 1. The number of likely N-dealkylation sites (N-methyl/N-ethyl adjacent to an activating group) is 1. The van der Waals surface area contributed by atoms with Gasteiger partial charge in [0.1, 0.15) is 72.4 Å². The van der Waals surface area contributed by atoms with E-state index in [1.54, 1.807) is 41.5 Å². The van der Waals surface area contributed by atoms with Crippen LogP contribution < -0.4 is 0 Å².